The van der Waals surface area contributed by atoms with Gasteiger partial charge in [0.2, 0.25) is 0 Å². The van der Waals surface area contributed by atoms with Crippen molar-refractivity contribution in [3.05, 3.63) is 29.8 Å². The highest BCUT2D eigenvalue weighted by molar-refractivity contribution is 5.52. The van der Waals surface area contributed by atoms with E-state index in [1.54, 1.807) is 0 Å². The van der Waals surface area contributed by atoms with Crippen LogP contribution in [0, 0.1) is 6.92 Å². The summed E-state index contributed by atoms with van der Waals surface area (Å²) >= 11 is 0. The van der Waals surface area contributed by atoms with Crippen LogP contribution in [0.3, 0.4) is 0 Å². The largest absolute Gasteiger partial charge is 0.372 e. The van der Waals surface area contributed by atoms with Crippen LogP contribution in [-0.4, -0.2) is 13.1 Å². The van der Waals surface area contributed by atoms with E-state index in [2.05, 4.69) is 49.9 Å². The van der Waals surface area contributed by atoms with Crippen LogP contribution in [0.2, 0.25) is 0 Å². The third kappa shape index (κ3) is 3.88. The number of rotatable bonds is 7. The Labute approximate surface area is 100 Å². The molecule has 1 heteroatoms. The molecule has 90 valence electrons. The lowest BCUT2D eigenvalue weighted by Gasteiger charge is -2.24. The topological polar surface area (TPSA) is 3.24 Å². The van der Waals surface area contributed by atoms with Gasteiger partial charge in [0.15, 0.2) is 0 Å². The highest BCUT2D eigenvalue weighted by atomic mass is 15.1. The van der Waals surface area contributed by atoms with Crippen LogP contribution in [0.1, 0.15) is 45.1 Å². The van der Waals surface area contributed by atoms with E-state index in [-0.39, 0.29) is 0 Å². The Morgan fingerprint density at radius 3 is 2.38 bits per heavy atom. The van der Waals surface area contributed by atoms with Crippen LogP contribution < -0.4 is 4.90 Å². The smallest absolute Gasteiger partial charge is 0.0395 e. The molecule has 1 aromatic rings. The molecular weight excluding hydrogens is 194 g/mol. The van der Waals surface area contributed by atoms with Gasteiger partial charge in [0.05, 0.1) is 0 Å². The average Bonchev–Trinajstić information content (AvgIpc) is 2.31. The fourth-order valence-electron chi connectivity index (χ4n) is 2.10. The number of hydrogen-bond acceptors (Lipinski definition) is 1. The van der Waals surface area contributed by atoms with Crippen LogP contribution in [-0.2, 0) is 0 Å². The second kappa shape index (κ2) is 7.32. The molecule has 0 aliphatic rings. The molecule has 0 aliphatic heterocycles. The minimum Gasteiger partial charge on any atom is -0.372 e. The molecule has 16 heavy (non-hydrogen) atoms. The van der Waals surface area contributed by atoms with Gasteiger partial charge in [-0.05, 0) is 31.9 Å². The molecule has 0 fully saturated rings. The van der Waals surface area contributed by atoms with E-state index in [0.29, 0.717) is 0 Å². The van der Waals surface area contributed by atoms with Gasteiger partial charge in [-0.2, -0.15) is 0 Å². The van der Waals surface area contributed by atoms with Crippen molar-refractivity contribution in [3.8, 4) is 0 Å². The average molecular weight is 219 g/mol. The molecule has 1 aromatic carbocycles. The van der Waals surface area contributed by atoms with E-state index in [1.807, 2.05) is 0 Å². The fourth-order valence-corrected chi connectivity index (χ4v) is 2.10. The number of para-hydroxylation sites is 1. The number of aryl methyl sites for hydroxylation is 1. The van der Waals surface area contributed by atoms with Crippen molar-refractivity contribution in [2.45, 2.75) is 46.5 Å². The third-order valence-electron chi connectivity index (χ3n) is 3.12. The van der Waals surface area contributed by atoms with E-state index < -0.39 is 0 Å². The van der Waals surface area contributed by atoms with E-state index >= 15 is 0 Å². The monoisotopic (exact) mass is 219 g/mol. The number of hydrogen-bond donors (Lipinski definition) is 0. The molecule has 1 nitrogen and oxygen atoms in total. The summed E-state index contributed by atoms with van der Waals surface area (Å²) < 4.78 is 0. The normalized spacial score (nSPS) is 10.4. The van der Waals surface area contributed by atoms with Crippen LogP contribution in [0.25, 0.3) is 0 Å². The third-order valence-corrected chi connectivity index (χ3v) is 3.12. The molecule has 0 saturated heterocycles. The highest BCUT2D eigenvalue weighted by Crippen LogP contribution is 2.19. The zero-order valence-corrected chi connectivity index (χ0v) is 11.0. The summed E-state index contributed by atoms with van der Waals surface area (Å²) in [6.07, 6.45) is 5.36. The number of nitrogens with zero attached hydrogens (tertiary/aromatic N) is 1. The van der Waals surface area contributed by atoms with Crippen LogP contribution >= 0.6 is 0 Å². The maximum Gasteiger partial charge on any atom is 0.0395 e. The molecule has 0 N–H and O–H groups in total. The first-order valence-electron chi connectivity index (χ1n) is 6.60. The summed E-state index contributed by atoms with van der Waals surface area (Å²) in [5.74, 6) is 0. The second-order valence-corrected chi connectivity index (χ2v) is 4.43. The van der Waals surface area contributed by atoms with Gasteiger partial charge in [0.25, 0.3) is 0 Å². The van der Waals surface area contributed by atoms with Crippen molar-refractivity contribution in [2.75, 3.05) is 18.0 Å². The van der Waals surface area contributed by atoms with E-state index in [0.717, 1.165) is 6.54 Å². The van der Waals surface area contributed by atoms with Crippen molar-refractivity contribution in [1.82, 2.24) is 0 Å². The van der Waals surface area contributed by atoms with Gasteiger partial charge in [-0.15, -0.1) is 0 Å². The van der Waals surface area contributed by atoms with E-state index in [9.17, 15) is 0 Å². The lowest BCUT2D eigenvalue weighted by molar-refractivity contribution is 0.648. The van der Waals surface area contributed by atoms with Gasteiger partial charge in [-0.3, -0.25) is 0 Å². The van der Waals surface area contributed by atoms with Crippen molar-refractivity contribution in [3.63, 3.8) is 0 Å². The zero-order valence-electron chi connectivity index (χ0n) is 11.0. The molecule has 0 heterocycles. The Balaban J connectivity index is 2.51. The Hall–Kier alpha value is -0.980. The fraction of sp³-hybridized carbons (Fsp3) is 0.600. The maximum absolute atomic E-state index is 2.49. The van der Waals surface area contributed by atoms with Crippen LogP contribution in [0.5, 0.6) is 0 Å². The van der Waals surface area contributed by atoms with Gasteiger partial charge in [0, 0.05) is 18.8 Å². The minimum absolute atomic E-state index is 1.11. The summed E-state index contributed by atoms with van der Waals surface area (Å²) in [7, 11) is 0. The van der Waals surface area contributed by atoms with Gasteiger partial charge in [0.1, 0.15) is 0 Å². The molecule has 0 aliphatic carbocycles. The first-order chi connectivity index (χ1) is 7.79. The van der Waals surface area contributed by atoms with Gasteiger partial charge < -0.3 is 4.90 Å². The first kappa shape index (κ1) is 13.1. The molecule has 0 bridgehead atoms. The number of benzene rings is 1. The van der Waals surface area contributed by atoms with Crippen molar-refractivity contribution >= 4 is 5.69 Å². The molecule has 0 amide bonds. The number of unbranched alkanes of at least 4 members (excludes halogenated alkanes) is 3. The van der Waals surface area contributed by atoms with Crippen molar-refractivity contribution < 1.29 is 0 Å². The van der Waals surface area contributed by atoms with Crippen LogP contribution in [0.15, 0.2) is 24.3 Å². The Bertz CT molecular complexity index is 293. The maximum atomic E-state index is 2.49. The predicted molar refractivity (Wildman–Crippen MR) is 73.2 cm³/mol. The molecular formula is C15H25N. The molecule has 0 radical (unpaired) electrons. The summed E-state index contributed by atoms with van der Waals surface area (Å²) in [5, 5.41) is 0. The predicted octanol–water partition coefficient (Wildman–Crippen LogP) is 4.40. The lowest BCUT2D eigenvalue weighted by Crippen LogP contribution is -2.24. The molecule has 0 aromatic heterocycles. The molecule has 0 saturated carbocycles. The zero-order chi connectivity index (χ0) is 11.8. The SMILES string of the molecule is CCCCCCN(CC)c1ccccc1C. The molecule has 0 atom stereocenters. The van der Waals surface area contributed by atoms with Crippen molar-refractivity contribution in [2.24, 2.45) is 0 Å². The highest BCUT2D eigenvalue weighted by Gasteiger charge is 2.05. The van der Waals surface area contributed by atoms with Gasteiger partial charge in [-0.25, -0.2) is 0 Å². The Morgan fingerprint density at radius 2 is 1.75 bits per heavy atom. The Morgan fingerprint density at radius 1 is 1.00 bits per heavy atom. The number of anilines is 1. The van der Waals surface area contributed by atoms with Gasteiger partial charge >= 0.3 is 0 Å². The first-order valence-corrected chi connectivity index (χ1v) is 6.60. The van der Waals surface area contributed by atoms with Crippen molar-refractivity contribution in [1.29, 1.82) is 0 Å². The summed E-state index contributed by atoms with van der Waals surface area (Å²) in [6, 6.07) is 8.68. The van der Waals surface area contributed by atoms with E-state index in [1.165, 1.54) is 43.5 Å². The second-order valence-electron chi connectivity index (χ2n) is 4.43. The quantitative estimate of drug-likeness (QED) is 0.614. The van der Waals surface area contributed by atoms with Crippen LogP contribution in [0.4, 0.5) is 5.69 Å². The Kier molecular flexibility index (Phi) is 5.99. The molecule has 0 spiro atoms. The van der Waals surface area contributed by atoms with E-state index in [4.69, 9.17) is 0 Å². The minimum atomic E-state index is 1.11. The summed E-state index contributed by atoms with van der Waals surface area (Å²) in [6.45, 7) is 9.01. The molecule has 1 rings (SSSR count). The summed E-state index contributed by atoms with van der Waals surface area (Å²) in [5.41, 5.74) is 2.79. The van der Waals surface area contributed by atoms with Gasteiger partial charge in [-0.1, -0.05) is 44.4 Å². The lowest BCUT2D eigenvalue weighted by atomic mass is 10.1. The molecule has 0 unspecified atom stereocenters. The summed E-state index contributed by atoms with van der Waals surface area (Å²) in [4.78, 5) is 2.49. The standard InChI is InChI=1S/C15H25N/c1-4-6-7-10-13-16(5-2)15-12-9-8-11-14(15)3/h8-9,11-12H,4-7,10,13H2,1-3H3.